The van der Waals surface area contributed by atoms with E-state index in [4.69, 9.17) is 9.15 Å². The average Bonchev–Trinajstić information content (AvgIpc) is 2.97. The Kier molecular flexibility index (Phi) is 3.85. The zero-order valence-corrected chi connectivity index (χ0v) is 12.3. The lowest BCUT2D eigenvalue weighted by Crippen LogP contribution is -2.49. The Morgan fingerprint density at radius 1 is 1.40 bits per heavy atom. The van der Waals surface area contributed by atoms with Crippen LogP contribution in [0.1, 0.15) is 5.76 Å². The van der Waals surface area contributed by atoms with Crippen molar-refractivity contribution < 1.29 is 17.6 Å². The van der Waals surface area contributed by atoms with Crippen molar-refractivity contribution >= 4 is 10.0 Å². The minimum absolute atomic E-state index is 0.120. The first kappa shape index (κ1) is 14.1. The normalized spacial score (nSPS) is 31.4. The molecule has 0 spiro atoms. The van der Waals surface area contributed by atoms with Crippen LogP contribution in [-0.2, 0) is 21.3 Å². The van der Waals surface area contributed by atoms with Crippen LogP contribution in [0.15, 0.2) is 22.8 Å². The molecule has 2 aliphatic heterocycles. The van der Waals surface area contributed by atoms with Gasteiger partial charge in [0.2, 0.25) is 10.0 Å². The second-order valence-electron chi connectivity index (χ2n) is 5.73. The van der Waals surface area contributed by atoms with Gasteiger partial charge in [-0.1, -0.05) is 0 Å². The van der Waals surface area contributed by atoms with E-state index in [0.717, 1.165) is 25.4 Å². The lowest BCUT2D eigenvalue weighted by molar-refractivity contribution is 0.0164. The van der Waals surface area contributed by atoms with E-state index in [2.05, 4.69) is 9.62 Å². The van der Waals surface area contributed by atoms with Gasteiger partial charge in [-0.15, -0.1) is 0 Å². The van der Waals surface area contributed by atoms with Crippen LogP contribution < -0.4 is 4.72 Å². The van der Waals surface area contributed by atoms with Crippen LogP contribution in [0.4, 0.5) is 0 Å². The van der Waals surface area contributed by atoms with Crippen molar-refractivity contribution in [2.45, 2.75) is 12.6 Å². The fourth-order valence-electron chi connectivity index (χ4n) is 3.24. The van der Waals surface area contributed by atoms with Gasteiger partial charge in [-0.25, -0.2) is 13.1 Å². The van der Waals surface area contributed by atoms with Crippen LogP contribution in [0.25, 0.3) is 0 Å². The minimum atomic E-state index is -3.20. The lowest BCUT2D eigenvalue weighted by atomic mass is 9.88. The third-order valence-corrected chi connectivity index (χ3v) is 4.77. The molecule has 0 aromatic carbocycles. The van der Waals surface area contributed by atoms with E-state index in [0.29, 0.717) is 25.0 Å². The highest BCUT2D eigenvalue weighted by Crippen LogP contribution is 2.31. The van der Waals surface area contributed by atoms with Crippen LogP contribution in [0, 0.1) is 11.8 Å². The largest absolute Gasteiger partial charge is 0.468 e. The molecular weight excluding hydrogens is 280 g/mol. The van der Waals surface area contributed by atoms with Crippen molar-refractivity contribution in [1.29, 1.82) is 0 Å². The monoisotopic (exact) mass is 300 g/mol. The molecule has 3 heterocycles. The number of hydrogen-bond acceptors (Lipinski definition) is 5. The Balaban J connectivity index is 1.65. The Morgan fingerprint density at radius 2 is 2.25 bits per heavy atom. The van der Waals surface area contributed by atoms with Crippen LogP contribution in [0.3, 0.4) is 0 Å². The van der Waals surface area contributed by atoms with Crippen LogP contribution >= 0.6 is 0 Å². The number of sulfonamides is 1. The Bertz CT molecular complexity index is 543. The van der Waals surface area contributed by atoms with Gasteiger partial charge in [0.1, 0.15) is 5.76 Å². The van der Waals surface area contributed by atoms with Crippen molar-refractivity contribution in [3.63, 3.8) is 0 Å². The average molecular weight is 300 g/mol. The van der Waals surface area contributed by atoms with E-state index in [1.54, 1.807) is 6.26 Å². The van der Waals surface area contributed by atoms with Crippen LogP contribution in [0.2, 0.25) is 0 Å². The summed E-state index contributed by atoms with van der Waals surface area (Å²) in [6.07, 6.45) is 2.88. The van der Waals surface area contributed by atoms with Gasteiger partial charge < -0.3 is 9.15 Å². The molecule has 3 atom stereocenters. The highest BCUT2D eigenvalue weighted by atomic mass is 32.2. The van der Waals surface area contributed by atoms with Gasteiger partial charge in [0.15, 0.2) is 0 Å². The molecule has 1 N–H and O–H groups in total. The summed E-state index contributed by atoms with van der Waals surface area (Å²) in [5.74, 6) is 1.64. The maximum atomic E-state index is 11.4. The summed E-state index contributed by atoms with van der Waals surface area (Å²) >= 11 is 0. The molecular formula is C13H20N2O4S. The summed E-state index contributed by atoms with van der Waals surface area (Å²) in [7, 11) is -3.20. The first-order valence-corrected chi connectivity index (χ1v) is 8.70. The number of fused-ring (bicyclic) bond motifs is 1. The van der Waals surface area contributed by atoms with E-state index in [1.807, 2.05) is 12.1 Å². The number of hydrogen-bond donors (Lipinski definition) is 1. The highest BCUT2D eigenvalue weighted by Gasteiger charge is 2.41. The molecule has 1 aromatic heterocycles. The molecule has 0 amide bonds. The SMILES string of the molecule is CS(=O)(=O)N[C@H]1COC[C@@H]2CN(Cc3ccco3)C[C@@H]21. The van der Waals surface area contributed by atoms with Crippen molar-refractivity contribution in [1.82, 2.24) is 9.62 Å². The van der Waals surface area contributed by atoms with Gasteiger partial charge in [0, 0.05) is 25.0 Å². The zero-order chi connectivity index (χ0) is 14.2. The van der Waals surface area contributed by atoms with Crippen LogP contribution in [-0.4, -0.2) is 51.9 Å². The third-order valence-electron chi connectivity index (χ3n) is 4.04. The molecule has 0 aliphatic carbocycles. The molecule has 1 aromatic rings. The van der Waals surface area contributed by atoms with Gasteiger partial charge in [0.05, 0.1) is 32.3 Å². The van der Waals surface area contributed by atoms with E-state index in [-0.39, 0.29) is 6.04 Å². The van der Waals surface area contributed by atoms with Crippen molar-refractivity contribution in [3.05, 3.63) is 24.2 Å². The smallest absolute Gasteiger partial charge is 0.209 e. The van der Waals surface area contributed by atoms with Gasteiger partial charge in [-0.2, -0.15) is 0 Å². The number of rotatable bonds is 4. The van der Waals surface area contributed by atoms with Gasteiger partial charge >= 0.3 is 0 Å². The quantitative estimate of drug-likeness (QED) is 0.864. The summed E-state index contributed by atoms with van der Waals surface area (Å²) in [5, 5.41) is 0. The van der Waals surface area contributed by atoms with Gasteiger partial charge in [-0.3, -0.25) is 4.90 Å². The molecule has 6 nitrogen and oxygen atoms in total. The zero-order valence-electron chi connectivity index (χ0n) is 11.5. The van der Waals surface area contributed by atoms with E-state index in [1.165, 1.54) is 6.26 Å². The minimum Gasteiger partial charge on any atom is -0.468 e. The molecule has 20 heavy (non-hydrogen) atoms. The predicted molar refractivity (Wildman–Crippen MR) is 73.6 cm³/mol. The maximum Gasteiger partial charge on any atom is 0.209 e. The molecule has 3 rings (SSSR count). The fourth-order valence-corrected chi connectivity index (χ4v) is 4.03. The lowest BCUT2D eigenvalue weighted by Gasteiger charge is -2.32. The topological polar surface area (TPSA) is 71.8 Å². The summed E-state index contributed by atoms with van der Waals surface area (Å²) < 4.78 is 36.5. The molecule has 0 unspecified atom stereocenters. The molecule has 112 valence electrons. The first-order valence-electron chi connectivity index (χ1n) is 6.81. The Labute approximate surface area is 119 Å². The van der Waals surface area contributed by atoms with Gasteiger partial charge in [0.25, 0.3) is 0 Å². The standard InChI is InChI=1S/C13H20N2O4S/c1-20(16,17)14-13-9-18-8-10-5-15(7-12(10)13)6-11-3-2-4-19-11/h2-4,10,12-14H,5-9H2,1H3/t10-,12-,13-/m0/s1. The number of ether oxygens (including phenoxy) is 1. The van der Waals surface area contributed by atoms with E-state index >= 15 is 0 Å². The second kappa shape index (κ2) is 5.48. The van der Waals surface area contributed by atoms with E-state index in [9.17, 15) is 8.42 Å². The first-order chi connectivity index (χ1) is 9.51. The second-order valence-corrected chi connectivity index (χ2v) is 7.51. The maximum absolute atomic E-state index is 11.4. The van der Waals surface area contributed by atoms with Crippen molar-refractivity contribution in [3.8, 4) is 0 Å². The fraction of sp³-hybridized carbons (Fsp3) is 0.692. The molecule has 7 heteroatoms. The summed E-state index contributed by atoms with van der Waals surface area (Å²) in [6.45, 7) is 3.74. The van der Waals surface area contributed by atoms with Crippen molar-refractivity contribution in [2.24, 2.45) is 11.8 Å². The number of furan rings is 1. The third kappa shape index (κ3) is 3.22. The molecule has 0 bridgehead atoms. The number of nitrogens with zero attached hydrogens (tertiary/aromatic N) is 1. The molecule has 2 fully saturated rings. The number of nitrogens with one attached hydrogen (secondary N) is 1. The van der Waals surface area contributed by atoms with Crippen LogP contribution in [0.5, 0.6) is 0 Å². The molecule has 0 radical (unpaired) electrons. The predicted octanol–water partition coefficient (Wildman–Crippen LogP) is 0.276. The summed E-state index contributed by atoms with van der Waals surface area (Å²) in [4.78, 5) is 2.31. The van der Waals surface area contributed by atoms with Crippen molar-refractivity contribution in [2.75, 3.05) is 32.6 Å². The molecule has 2 aliphatic rings. The molecule has 2 saturated heterocycles. The van der Waals surface area contributed by atoms with E-state index < -0.39 is 10.0 Å². The summed E-state index contributed by atoms with van der Waals surface area (Å²) in [6, 6.07) is 3.73. The Morgan fingerprint density at radius 3 is 2.95 bits per heavy atom. The Hall–Kier alpha value is -0.890. The van der Waals surface area contributed by atoms with Gasteiger partial charge in [-0.05, 0) is 18.1 Å². The highest BCUT2D eigenvalue weighted by molar-refractivity contribution is 7.88. The number of likely N-dealkylation sites (tertiary alicyclic amines) is 1. The molecule has 0 saturated carbocycles. The summed E-state index contributed by atoms with van der Waals surface area (Å²) in [5.41, 5.74) is 0.